The van der Waals surface area contributed by atoms with Crippen molar-refractivity contribution in [2.24, 2.45) is 11.5 Å². The van der Waals surface area contributed by atoms with E-state index in [1.165, 1.54) is 0 Å². The van der Waals surface area contributed by atoms with E-state index in [4.69, 9.17) is 20.9 Å². The van der Waals surface area contributed by atoms with Crippen molar-refractivity contribution in [2.75, 3.05) is 6.79 Å². The van der Waals surface area contributed by atoms with Crippen molar-refractivity contribution < 1.29 is 19.1 Å². The van der Waals surface area contributed by atoms with E-state index in [1.54, 1.807) is 12.1 Å². The summed E-state index contributed by atoms with van der Waals surface area (Å²) in [7, 11) is 0. The minimum atomic E-state index is -0.938. The van der Waals surface area contributed by atoms with Gasteiger partial charge in [0.15, 0.2) is 11.5 Å². The van der Waals surface area contributed by atoms with Crippen LogP contribution in [0.4, 0.5) is 0 Å². The monoisotopic (exact) mass is 265 g/mol. The number of primary amides is 1. The number of rotatable bonds is 5. The van der Waals surface area contributed by atoms with Gasteiger partial charge in [0.1, 0.15) is 0 Å². The second kappa shape index (κ2) is 5.57. The first kappa shape index (κ1) is 13.2. The van der Waals surface area contributed by atoms with E-state index in [-0.39, 0.29) is 19.8 Å². The third-order valence-electron chi connectivity index (χ3n) is 2.69. The predicted molar refractivity (Wildman–Crippen MR) is 66.2 cm³/mol. The van der Waals surface area contributed by atoms with Crippen LogP contribution in [-0.4, -0.2) is 24.6 Å². The number of benzene rings is 1. The highest BCUT2D eigenvalue weighted by Gasteiger charge is 2.19. The van der Waals surface area contributed by atoms with Crippen molar-refractivity contribution in [3.8, 4) is 11.5 Å². The van der Waals surface area contributed by atoms with Gasteiger partial charge in [0.05, 0.1) is 12.5 Å². The third kappa shape index (κ3) is 3.14. The fraction of sp³-hybridized carbons (Fsp3) is 0.333. The molecule has 0 aromatic heterocycles. The number of para-hydroxylation sites is 1. The van der Waals surface area contributed by atoms with Crippen LogP contribution in [0.15, 0.2) is 18.2 Å². The Morgan fingerprint density at radius 2 is 2.16 bits per heavy atom. The van der Waals surface area contributed by atoms with E-state index in [1.807, 2.05) is 6.07 Å². The molecule has 1 aliphatic heterocycles. The number of fused-ring (bicyclic) bond motifs is 1. The van der Waals surface area contributed by atoms with Gasteiger partial charge in [-0.3, -0.25) is 9.59 Å². The first-order valence-electron chi connectivity index (χ1n) is 5.77. The molecule has 2 amide bonds. The quantitative estimate of drug-likeness (QED) is 0.646. The highest BCUT2D eigenvalue weighted by atomic mass is 16.7. The first-order valence-corrected chi connectivity index (χ1v) is 5.77. The van der Waals surface area contributed by atoms with E-state index in [9.17, 15) is 9.59 Å². The molecule has 0 saturated carbocycles. The number of carbonyl (C=O) groups is 2. The summed E-state index contributed by atoms with van der Waals surface area (Å²) in [6, 6.07) is 4.46. The van der Waals surface area contributed by atoms with Gasteiger partial charge >= 0.3 is 0 Å². The maximum absolute atomic E-state index is 11.6. The highest BCUT2D eigenvalue weighted by Crippen LogP contribution is 2.35. The Labute approximate surface area is 109 Å². The number of nitrogens with two attached hydrogens (primary N) is 2. The first-order chi connectivity index (χ1) is 9.08. The summed E-state index contributed by atoms with van der Waals surface area (Å²) in [5.41, 5.74) is 11.3. The van der Waals surface area contributed by atoms with E-state index >= 15 is 0 Å². The lowest BCUT2D eigenvalue weighted by Crippen LogP contribution is -2.42. The lowest BCUT2D eigenvalue weighted by atomic mass is 10.1. The van der Waals surface area contributed by atoms with Crippen LogP contribution in [0, 0.1) is 0 Å². The Morgan fingerprint density at radius 1 is 1.37 bits per heavy atom. The van der Waals surface area contributed by atoms with Crippen LogP contribution < -0.4 is 26.3 Å². The molecule has 0 fully saturated rings. The standard InChI is InChI=1S/C12H15N3O4/c13-8(4-10(14)16)12(17)15-5-7-2-1-3-9-11(7)19-6-18-9/h1-3,8H,4-6,13H2,(H2,14,16)(H,15,17). The summed E-state index contributed by atoms with van der Waals surface area (Å²) in [5, 5.41) is 2.63. The van der Waals surface area contributed by atoms with Gasteiger partial charge in [0.2, 0.25) is 18.6 Å². The topological polar surface area (TPSA) is 117 Å². The molecule has 0 bridgehead atoms. The summed E-state index contributed by atoms with van der Waals surface area (Å²) in [6.45, 7) is 0.416. The van der Waals surface area contributed by atoms with E-state index in [0.29, 0.717) is 11.5 Å². The molecule has 7 nitrogen and oxygen atoms in total. The number of amides is 2. The van der Waals surface area contributed by atoms with Gasteiger partial charge in [-0.05, 0) is 6.07 Å². The molecule has 0 saturated heterocycles. The van der Waals surface area contributed by atoms with Crippen molar-refractivity contribution >= 4 is 11.8 Å². The van der Waals surface area contributed by atoms with Crippen molar-refractivity contribution in [2.45, 2.75) is 19.0 Å². The van der Waals surface area contributed by atoms with Crippen LogP contribution in [0.1, 0.15) is 12.0 Å². The van der Waals surface area contributed by atoms with Gasteiger partial charge < -0.3 is 26.3 Å². The normalized spacial score (nSPS) is 13.9. The molecule has 1 aromatic carbocycles. The zero-order valence-electron chi connectivity index (χ0n) is 10.2. The van der Waals surface area contributed by atoms with Crippen LogP contribution in [0.25, 0.3) is 0 Å². The Hall–Kier alpha value is -2.28. The molecule has 0 radical (unpaired) electrons. The lowest BCUT2D eigenvalue weighted by Gasteiger charge is -2.11. The largest absolute Gasteiger partial charge is 0.454 e. The third-order valence-corrected chi connectivity index (χ3v) is 2.69. The summed E-state index contributed by atoms with van der Waals surface area (Å²) in [5.74, 6) is 0.217. The van der Waals surface area contributed by atoms with Gasteiger partial charge in [0, 0.05) is 12.1 Å². The molecule has 0 aliphatic carbocycles. The Morgan fingerprint density at radius 3 is 2.89 bits per heavy atom. The van der Waals surface area contributed by atoms with Crippen molar-refractivity contribution in [1.82, 2.24) is 5.32 Å². The molecular weight excluding hydrogens is 250 g/mol. The molecule has 1 unspecified atom stereocenters. The molecule has 19 heavy (non-hydrogen) atoms. The number of hydrogen-bond acceptors (Lipinski definition) is 5. The number of ether oxygens (including phenoxy) is 2. The molecule has 1 heterocycles. The minimum absolute atomic E-state index is 0.168. The lowest BCUT2D eigenvalue weighted by molar-refractivity contribution is -0.126. The average Bonchev–Trinajstić information content (AvgIpc) is 2.83. The van der Waals surface area contributed by atoms with Gasteiger partial charge in [-0.15, -0.1) is 0 Å². The molecule has 1 aliphatic rings. The van der Waals surface area contributed by atoms with Gasteiger partial charge in [-0.2, -0.15) is 0 Å². The van der Waals surface area contributed by atoms with Gasteiger partial charge in [-0.25, -0.2) is 0 Å². The van der Waals surface area contributed by atoms with Crippen molar-refractivity contribution in [1.29, 1.82) is 0 Å². The van der Waals surface area contributed by atoms with Crippen LogP contribution >= 0.6 is 0 Å². The fourth-order valence-corrected chi connectivity index (χ4v) is 1.75. The van der Waals surface area contributed by atoms with Gasteiger partial charge in [0.25, 0.3) is 0 Å². The zero-order chi connectivity index (χ0) is 13.8. The van der Waals surface area contributed by atoms with Crippen molar-refractivity contribution in [3.05, 3.63) is 23.8 Å². The number of carbonyl (C=O) groups excluding carboxylic acids is 2. The Bertz CT molecular complexity index is 504. The molecule has 2 rings (SSSR count). The van der Waals surface area contributed by atoms with E-state index in [2.05, 4.69) is 5.32 Å². The second-order valence-electron chi connectivity index (χ2n) is 4.15. The van der Waals surface area contributed by atoms with Gasteiger partial charge in [-0.1, -0.05) is 12.1 Å². The van der Waals surface area contributed by atoms with E-state index in [0.717, 1.165) is 5.56 Å². The maximum atomic E-state index is 11.6. The zero-order valence-corrected chi connectivity index (χ0v) is 10.2. The molecule has 5 N–H and O–H groups in total. The maximum Gasteiger partial charge on any atom is 0.237 e. The highest BCUT2D eigenvalue weighted by molar-refractivity contribution is 5.87. The Balaban J connectivity index is 1.94. The predicted octanol–water partition coefficient (Wildman–Crippen LogP) is -0.766. The van der Waals surface area contributed by atoms with Crippen LogP contribution in [0.3, 0.4) is 0 Å². The summed E-state index contributed by atoms with van der Waals surface area (Å²) >= 11 is 0. The summed E-state index contributed by atoms with van der Waals surface area (Å²) < 4.78 is 10.5. The molecule has 1 atom stereocenters. The SMILES string of the molecule is NC(=O)CC(N)C(=O)NCc1cccc2c1OCO2. The average molecular weight is 265 g/mol. The molecule has 0 spiro atoms. The molecular formula is C12H15N3O4. The minimum Gasteiger partial charge on any atom is -0.454 e. The summed E-state index contributed by atoms with van der Waals surface area (Å²) in [4.78, 5) is 22.3. The van der Waals surface area contributed by atoms with Crippen LogP contribution in [-0.2, 0) is 16.1 Å². The van der Waals surface area contributed by atoms with Crippen LogP contribution in [0.5, 0.6) is 11.5 Å². The van der Waals surface area contributed by atoms with E-state index < -0.39 is 17.9 Å². The smallest absolute Gasteiger partial charge is 0.237 e. The Kier molecular flexibility index (Phi) is 3.86. The second-order valence-corrected chi connectivity index (χ2v) is 4.15. The molecule has 102 valence electrons. The summed E-state index contributed by atoms with van der Waals surface area (Å²) in [6.07, 6.45) is -0.182. The molecule has 1 aromatic rings. The number of hydrogen-bond donors (Lipinski definition) is 3. The van der Waals surface area contributed by atoms with Crippen LogP contribution in [0.2, 0.25) is 0 Å². The fourth-order valence-electron chi connectivity index (χ4n) is 1.75. The van der Waals surface area contributed by atoms with Crippen molar-refractivity contribution in [3.63, 3.8) is 0 Å². The molecule has 7 heteroatoms. The number of nitrogens with one attached hydrogen (secondary N) is 1.